The van der Waals surface area contributed by atoms with Crippen molar-refractivity contribution < 1.29 is 115 Å². The van der Waals surface area contributed by atoms with Crippen molar-refractivity contribution in [1.82, 2.24) is 4.90 Å². The molecular formula is C30H41NO24S. The molecule has 0 aliphatic carbocycles. The zero-order valence-corrected chi connectivity index (χ0v) is 30.5. The largest absolute Gasteiger partial charge is 0.481 e. The van der Waals surface area contributed by atoms with Crippen molar-refractivity contribution in [2.24, 2.45) is 0 Å². The van der Waals surface area contributed by atoms with Crippen molar-refractivity contribution in [2.75, 3.05) is 32.3 Å². The molecule has 56 heavy (non-hydrogen) atoms. The summed E-state index contributed by atoms with van der Waals surface area (Å²) < 4.78 is 56.0. The van der Waals surface area contributed by atoms with Crippen LogP contribution in [0.25, 0.3) is 0 Å². The highest BCUT2D eigenvalue weighted by Crippen LogP contribution is 2.24. The van der Waals surface area contributed by atoms with Crippen LogP contribution in [0.15, 0.2) is 12.2 Å². The first-order valence-electron chi connectivity index (χ1n) is 15.7. The molecule has 0 aromatic heterocycles. The summed E-state index contributed by atoms with van der Waals surface area (Å²) in [6.07, 6.45) is -7.01. The van der Waals surface area contributed by atoms with Crippen molar-refractivity contribution in [1.29, 1.82) is 0 Å². The molecule has 0 saturated heterocycles. The van der Waals surface area contributed by atoms with Crippen LogP contribution in [0.4, 0.5) is 0 Å². The van der Waals surface area contributed by atoms with E-state index in [2.05, 4.69) is 16.1 Å². The average Bonchev–Trinajstić information content (AvgIpc) is 3.08. The predicted molar refractivity (Wildman–Crippen MR) is 175 cm³/mol. The normalized spacial score (nSPS) is 10.6. The van der Waals surface area contributed by atoms with E-state index >= 15 is 0 Å². The first kappa shape index (κ1) is 51.9. The molecule has 316 valence electrons. The fourth-order valence-electron chi connectivity index (χ4n) is 3.40. The minimum absolute atomic E-state index is 0.191. The number of nitrogens with zero attached hydrogens (tertiary/aromatic N) is 1. The summed E-state index contributed by atoms with van der Waals surface area (Å²) in [5.41, 5.74) is -2.62. The van der Waals surface area contributed by atoms with Crippen molar-refractivity contribution >= 4 is 75.7 Å². The first-order chi connectivity index (χ1) is 25.8. The second-order valence-electron chi connectivity index (χ2n) is 10.9. The Balaban J connectivity index is 0. The number of carboxylic acids is 5. The Morgan fingerprint density at radius 3 is 1.27 bits per heavy atom. The Bertz CT molecular complexity index is 1550. The average molecular weight is 832 g/mol. The maximum Gasteiger partial charge on any atom is 0.335 e. The lowest BCUT2D eigenvalue weighted by Gasteiger charge is -2.41. The van der Waals surface area contributed by atoms with Gasteiger partial charge in [-0.25, -0.2) is 4.79 Å². The van der Waals surface area contributed by atoms with Crippen LogP contribution in [0.2, 0.25) is 0 Å². The SMILES string of the molecule is C=C(C)C(=O)OCOC(=O)CCC(=O)O.O=C(O)CCC(=O)OCC(COC(=O)CCC(=O)O)(OC(=O)CCC(=O)O)N(CCS(=O)(=O)O)C(=O)CCC(=O)O. The molecule has 1 amide bonds. The van der Waals surface area contributed by atoms with Crippen LogP contribution in [0.5, 0.6) is 0 Å². The number of aliphatic carboxylic acids is 5. The summed E-state index contributed by atoms with van der Waals surface area (Å²) >= 11 is 0. The van der Waals surface area contributed by atoms with Gasteiger partial charge < -0.3 is 49.2 Å². The number of carbonyl (C=O) groups is 11. The molecule has 0 fully saturated rings. The summed E-state index contributed by atoms with van der Waals surface area (Å²) in [5.74, 6) is -14.8. The van der Waals surface area contributed by atoms with Gasteiger partial charge >= 0.3 is 59.7 Å². The smallest absolute Gasteiger partial charge is 0.335 e. The zero-order valence-electron chi connectivity index (χ0n) is 29.7. The second-order valence-corrected chi connectivity index (χ2v) is 12.5. The highest BCUT2D eigenvalue weighted by atomic mass is 32.2. The molecule has 0 aromatic carbocycles. The summed E-state index contributed by atoms with van der Waals surface area (Å²) in [5, 5.41) is 43.6. The monoisotopic (exact) mass is 831 g/mol. The van der Waals surface area contributed by atoms with Crippen LogP contribution in [0.1, 0.15) is 71.1 Å². The highest BCUT2D eigenvalue weighted by Gasteiger charge is 2.47. The minimum atomic E-state index is -4.87. The van der Waals surface area contributed by atoms with Gasteiger partial charge in [-0.05, 0) is 6.92 Å². The molecular weight excluding hydrogens is 790 g/mol. The van der Waals surface area contributed by atoms with Crippen LogP contribution in [0.3, 0.4) is 0 Å². The number of carbonyl (C=O) groups excluding carboxylic acids is 6. The van der Waals surface area contributed by atoms with Crippen LogP contribution in [-0.4, -0.2) is 147 Å². The Morgan fingerprint density at radius 2 is 0.911 bits per heavy atom. The molecule has 0 aromatic rings. The van der Waals surface area contributed by atoms with E-state index in [0.29, 0.717) is 4.90 Å². The van der Waals surface area contributed by atoms with E-state index in [1.165, 1.54) is 6.92 Å². The third kappa shape index (κ3) is 27.4. The van der Waals surface area contributed by atoms with E-state index in [9.17, 15) is 65.7 Å². The number of esters is 5. The summed E-state index contributed by atoms with van der Waals surface area (Å²) in [6.45, 7) is 0.614. The molecule has 0 rings (SSSR count). The number of amides is 1. The quantitative estimate of drug-likeness (QED) is 0.0189. The number of ether oxygens (including phenoxy) is 5. The Kier molecular flexibility index (Phi) is 24.6. The van der Waals surface area contributed by atoms with Gasteiger partial charge in [-0.1, -0.05) is 6.58 Å². The van der Waals surface area contributed by atoms with Gasteiger partial charge in [-0.2, -0.15) is 8.42 Å². The summed E-state index contributed by atoms with van der Waals surface area (Å²) in [6, 6.07) is 0. The maximum atomic E-state index is 13.0. The third-order valence-corrected chi connectivity index (χ3v) is 6.77. The minimum Gasteiger partial charge on any atom is -0.481 e. The van der Waals surface area contributed by atoms with Gasteiger partial charge in [0.15, 0.2) is 13.2 Å². The molecule has 25 nitrogen and oxygen atoms in total. The van der Waals surface area contributed by atoms with Gasteiger partial charge in [0.2, 0.25) is 12.7 Å². The maximum absolute atomic E-state index is 13.0. The molecule has 0 atom stereocenters. The number of hydrogen-bond acceptors (Lipinski definition) is 18. The Morgan fingerprint density at radius 1 is 0.554 bits per heavy atom. The molecule has 0 heterocycles. The van der Waals surface area contributed by atoms with Gasteiger partial charge in [0.1, 0.15) is 0 Å². The predicted octanol–water partition coefficient (Wildman–Crippen LogP) is -1.04. The number of rotatable bonds is 27. The van der Waals surface area contributed by atoms with Crippen LogP contribution < -0.4 is 0 Å². The topological polar surface area (TPSA) is 393 Å². The zero-order chi connectivity index (χ0) is 43.6. The molecule has 0 bridgehead atoms. The van der Waals surface area contributed by atoms with Gasteiger partial charge in [0.05, 0.1) is 63.5 Å². The molecule has 6 N–H and O–H groups in total. The van der Waals surface area contributed by atoms with Gasteiger partial charge in [-0.3, -0.25) is 57.4 Å². The molecule has 26 heteroatoms. The van der Waals surface area contributed by atoms with E-state index in [4.69, 9.17) is 39.7 Å². The lowest BCUT2D eigenvalue weighted by atomic mass is 10.1. The van der Waals surface area contributed by atoms with Crippen LogP contribution >= 0.6 is 0 Å². The Hall–Kier alpha value is -6.18. The van der Waals surface area contributed by atoms with E-state index in [1.807, 2.05) is 0 Å². The molecule has 0 aliphatic rings. The number of hydrogen-bond donors (Lipinski definition) is 6. The second kappa shape index (κ2) is 26.6. The number of carboxylic acid groups (broad SMARTS) is 5. The fourth-order valence-corrected chi connectivity index (χ4v) is 3.81. The van der Waals surface area contributed by atoms with Crippen molar-refractivity contribution in [3.05, 3.63) is 12.2 Å². The standard InChI is InChI=1S/C21H29NO18S.C9H12O6/c23-13(1-2-14(24)25)22(9-10-41(35,36)37)21(40-20(34)8-5-17(30)31,11-38-18(32)6-3-15(26)27)12-39-19(33)7-4-16(28)29;1-6(2)9(13)15-5-14-8(12)4-3-7(10)11/h1-12H2,(H,24,25)(H,26,27)(H,28,29)(H,30,31)(H,35,36,37);1,3-5H2,2H3,(H,10,11). The van der Waals surface area contributed by atoms with E-state index in [0.717, 1.165) is 0 Å². The highest BCUT2D eigenvalue weighted by molar-refractivity contribution is 7.85. The van der Waals surface area contributed by atoms with E-state index in [-0.39, 0.29) is 18.4 Å². The lowest BCUT2D eigenvalue weighted by Crippen LogP contribution is -2.62. The van der Waals surface area contributed by atoms with Crippen molar-refractivity contribution in [3.8, 4) is 0 Å². The van der Waals surface area contributed by atoms with Crippen LogP contribution in [-0.2, 0) is 86.5 Å². The summed E-state index contributed by atoms with van der Waals surface area (Å²) in [4.78, 5) is 125. The molecule has 0 aliphatic heterocycles. The third-order valence-electron chi connectivity index (χ3n) is 6.07. The van der Waals surface area contributed by atoms with Gasteiger partial charge in [0, 0.05) is 18.5 Å². The fraction of sp³-hybridized carbons (Fsp3) is 0.567. The van der Waals surface area contributed by atoms with Gasteiger partial charge in [0.25, 0.3) is 15.8 Å². The molecule has 0 saturated carbocycles. The molecule has 0 radical (unpaired) electrons. The summed E-state index contributed by atoms with van der Waals surface area (Å²) in [7, 11) is -4.87. The molecule has 0 unspecified atom stereocenters. The van der Waals surface area contributed by atoms with Gasteiger partial charge in [-0.15, -0.1) is 0 Å². The van der Waals surface area contributed by atoms with Crippen molar-refractivity contribution in [3.63, 3.8) is 0 Å². The van der Waals surface area contributed by atoms with Crippen molar-refractivity contribution in [2.45, 2.75) is 76.9 Å². The lowest BCUT2D eigenvalue weighted by molar-refractivity contribution is -0.220. The first-order valence-corrected chi connectivity index (χ1v) is 17.3. The van der Waals surface area contributed by atoms with Crippen LogP contribution in [0, 0.1) is 0 Å². The van der Waals surface area contributed by atoms with E-state index in [1.54, 1.807) is 0 Å². The Labute approximate surface area is 316 Å². The van der Waals surface area contributed by atoms with E-state index < -0.39 is 165 Å². The molecule has 0 spiro atoms.